The summed E-state index contributed by atoms with van der Waals surface area (Å²) >= 11 is 0. The van der Waals surface area contributed by atoms with Gasteiger partial charge in [0.1, 0.15) is 6.04 Å². The molecule has 0 aliphatic heterocycles. The third-order valence-electron chi connectivity index (χ3n) is 2.25. The fourth-order valence-corrected chi connectivity index (χ4v) is 1.33. The van der Waals surface area contributed by atoms with Crippen LogP contribution in [-0.2, 0) is 9.53 Å². The van der Waals surface area contributed by atoms with Crippen molar-refractivity contribution in [2.45, 2.75) is 25.8 Å². The van der Waals surface area contributed by atoms with E-state index in [9.17, 15) is 9.59 Å². The second-order valence-electron chi connectivity index (χ2n) is 3.61. The van der Waals surface area contributed by atoms with Gasteiger partial charge in [0.25, 0.3) is 0 Å². The zero-order valence-corrected chi connectivity index (χ0v) is 10.2. The average Bonchev–Trinajstić information content (AvgIpc) is 2.38. The Balaban J connectivity index is 2.73. The summed E-state index contributed by atoms with van der Waals surface area (Å²) < 4.78 is 4.50. The minimum Gasteiger partial charge on any atom is -0.480 e. The smallest absolute Gasteiger partial charge is 0.341 e. The van der Waals surface area contributed by atoms with Crippen molar-refractivity contribution in [3.63, 3.8) is 0 Å². The minimum absolute atomic E-state index is 0.170. The largest absolute Gasteiger partial charge is 0.480 e. The zero-order valence-electron chi connectivity index (χ0n) is 10.2. The first-order valence-corrected chi connectivity index (χ1v) is 5.48. The average molecular weight is 253 g/mol. The predicted octanol–water partition coefficient (Wildman–Crippen LogP) is 0.928. The molecule has 0 bridgehead atoms. The molecule has 0 aliphatic carbocycles. The molecule has 1 rings (SSSR count). The highest BCUT2D eigenvalue weighted by atomic mass is 16.5. The molecule has 7 heteroatoms. The molecule has 1 aromatic rings. The van der Waals surface area contributed by atoms with Crippen LogP contribution in [0.2, 0.25) is 0 Å². The Morgan fingerprint density at radius 2 is 2.06 bits per heavy atom. The van der Waals surface area contributed by atoms with E-state index in [2.05, 4.69) is 20.0 Å². The van der Waals surface area contributed by atoms with E-state index in [1.807, 2.05) is 6.92 Å². The second-order valence-corrected chi connectivity index (χ2v) is 3.61. The van der Waals surface area contributed by atoms with Crippen molar-refractivity contribution >= 4 is 17.9 Å². The number of hydrogen-bond acceptors (Lipinski definition) is 6. The molecule has 1 atom stereocenters. The quantitative estimate of drug-likeness (QED) is 0.727. The fourth-order valence-electron chi connectivity index (χ4n) is 1.33. The van der Waals surface area contributed by atoms with E-state index in [4.69, 9.17) is 5.11 Å². The first-order valence-electron chi connectivity index (χ1n) is 5.48. The molecule has 1 aromatic heterocycles. The molecule has 1 heterocycles. The standard InChI is InChI=1S/C11H15N3O4/c1-3-4-8(9(15)16)14-11-12-5-7(6-13-11)10(17)18-2/h5-6,8H,3-4H2,1-2H3,(H,15,16)(H,12,13,14). The highest BCUT2D eigenvalue weighted by Crippen LogP contribution is 2.06. The van der Waals surface area contributed by atoms with Crippen LogP contribution in [0.3, 0.4) is 0 Å². The molecule has 7 nitrogen and oxygen atoms in total. The number of carbonyl (C=O) groups excluding carboxylic acids is 1. The number of aliphatic carboxylic acids is 1. The normalized spacial score (nSPS) is 11.7. The first kappa shape index (κ1) is 13.9. The van der Waals surface area contributed by atoms with Crippen molar-refractivity contribution in [2.24, 2.45) is 0 Å². The van der Waals surface area contributed by atoms with Crippen molar-refractivity contribution in [3.8, 4) is 0 Å². The molecule has 2 N–H and O–H groups in total. The van der Waals surface area contributed by atoms with Crippen LogP contribution in [0.1, 0.15) is 30.1 Å². The van der Waals surface area contributed by atoms with Gasteiger partial charge in [-0.3, -0.25) is 0 Å². The summed E-state index contributed by atoms with van der Waals surface area (Å²) in [5.41, 5.74) is 0.213. The van der Waals surface area contributed by atoms with E-state index in [0.717, 1.165) is 6.42 Å². The van der Waals surface area contributed by atoms with Crippen LogP contribution in [0.15, 0.2) is 12.4 Å². The van der Waals surface area contributed by atoms with Crippen LogP contribution < -0.4 is 5.32 Å². The molecule has 0 spiro atoms. The Bertz CT molecular complexity index is 419. The summed E-state index contributed by atoms with van der Waals surface area (Å²) in [6.45, 7) is 1.89. The number of carbonyl (C=O) groups is 2. The molecular weight excluding hydrogens is 238 g/mol. The predicted molar refractivity (Wildman–Crippen MR) is 63.3 cm³/mol. The lowest BCUT2D eigenvalue weighted by Gasteiger charge is -2.12. The lowest BCUT2D eigenvalue weighted by Crippen LogP contribution is -2.29. The summed E-state index contributed by atoms with van der Waals surface area (Å²) in [6, 6.07) is -0.737. The van der Waals surface area contributed by atoms with Crippen molar-refractivity contribution in [3.05, 3.63) is 18.0 Å². The fraction of sp³-hybridized carbons (Fsp3) is 0.455. The van der Waals surface area contributed by atoms with Gasteiger partial charge in [0.15, 0.2) is 0 Å². The van der Waals surface area contributed by atoms with Gasteiger partial charge in [-0.15, -0.1) is 0 Å². The van der Waals surface area contributed by atoms with E-state index >= 15 is 0 Å². The van der Waals surface area contributed by atoms with Crippen LogP contribution >= 0.6 is 0 Å². The number of rotatable bonds is 6. The molecule has 0 saturated heterocycles. The van der Waals surface area contributed by atoms with Crippen molar-refractivity contribution < 1.29 is 19.4 Å². The third kappa shape index (κ3) is 3.69. The maximum atomic E-state index is 11.1. The van der Waals surface area contributed by atoms with Crippen molar-refractivity contribution in [2.75, 3.05) is 12.4 Å². The third-order valence-corrected chi connectivity index (χ3v) is 2.25. The Morgan fingerprint density at radius 3 is 2.50 bits per heavy atom. The van der Waals surface area contributed by atoms with Crippen LogP contribution in [0.4, 0.5) is 5.95 Å². The lowest BCUT2D eigenvalue weighted by atomic mass is 10.2. The van der Waals surface area contributed by atoms with Crippen LogP contribution in [0.5, 0.6) is 0 Å². The Labute approximate surface area is 104 Å². The molecular formula is C11H15N3O4. The van der Waals surface area contributed by atoms with Crippen molar-refractivity contribution in [1.29, 1.82) is 0 Å². The monoisotopic (exact) mass is 253 g/mol. The van der Waals surface area contributed by atoms with Gasteiger partial charge in [-0.1, -0.05) is 13.3 Å². The van der Waals surface area contributed by atoms with Gasteiger partial charge >= 0.3 is 11.9 Å². The number of nitrogens with one attached hydrogen (secondary N) is 1. The Morgan fingerprint density at radius 1 is 1.44 bits per heavy atom. The summed E-state index contributed by atoms with van der Waals surface area (Å²) in [5.74, 6) is -1.33. The lowest BCUT2D eigenvalue weighted by molar-refractivity contribution is -0.138. The molecule has 18 heavy (non-hydrogen) atoms. The molecule has 98 valence electrons. The summed E-state index contributed by atoms with van der Waals surface area (Å²) in [5, 5.41) is 11.6. The summed E-state index contributed by atoms with van der Waals surface area (Å²) in [7, 11) is 1.26. The molecule has 0 radical (unpaired) electrons. The van der Waals surface area contributed by atoms with Gasteiger partial charge in [-0.05, 0) is 6.42 Å². The maximum absolute atomic E-state index is 11.1. The van der Waals surface area contributed by atoms with Crippen LogP contribution in [0, 0.1) is 0 Å². The Hall–Kier alpha value is -2.18. The summed E-state index contributed by atoms with van der Waals surface area (Å²) in [4.78, 5) is 29.8. The highest BCUT2D eigenvalue weighted by molar-refractivity contribution is 5.88. The first-order chi connectivity index (χ1) is 8.58. The second kappa shape index (κ2) is 6.53. The molecule has 1 unspecified atom stereocenters. The maximum Gasteiger partial charge on any atom is 0.341 e. The molecule has 0 fully saturated rings. The van der Waals surface area contributed by atoms with Gasteiger partial charge in [0, 0.05) is 12.4 Å². The van der Waals surface area contributed by atoms with Crippen LogP contribution in [0.25, 0.3) is 0 Å². The zero-order chi connectivity index (χ0) is 13.5. The van der Waals surface area contributed by atoms with Gasteiger partial charge in [-0.25, -0.2) is 19.6 Å². The van der Waals surface area contributed by atoms with E-state index in [0.29, 0.717) is 6.42 Å². The Kier molecular flexibility index (Phi) is 5.04. The van der Waals surface area contributed by atoms with E-state index in [-0.39, 0.29) is 11.5 Å². The number of ether oxygens (including phenoxy) is 1. The van der Waals surface area contributed by atoms with Gasteiger partial charge in [0.2, 0.25) is 5.95 Å². The minimum atomic E-state index is -0.961. The SMILES string of the molecule is CCCC(Nc1ncc(C(=O)OC)cn1)C(=O)O. The number of anilines is 1. The number of aromatic nitrogens is 2. The van der Waals surface area contributed by atoms with Gasteiger partial charge in [-0.2, -0.15) is 0 Å². The molecule has 0 amide bonds. The van der Waals surface area contributed by atoms with E-state index in [1.165, 1.54) is 19.5 Å². The van der Waals surface area contributed by atoms with Crippen molar-refractivity contribution in [1.82, 2.24) is 9.97 Å². The van der Waals surface area contributed by atoms with Gasteiger partial charge < -0.3 is 15.2 Å². The number of nitrogens with zero attached hydrogens (tertiary/aromatic N) is 2. The van der Waals surface area contributed by atoms with E-state index in [1.54, 1.807) is 0 Å². The molecule has 0 aromatic carbocycles. The molecule has 0 saturated carbocycles. The molecule has 0 aliphatic rings. The number of carboxylic acid groups (broad SMARTS) is 1. The summed E-state index contributed by atoms with van der Waals surface area (Å²) in [6.07, 6.45) is 3.76. The topological polar surface area (TPSA) is 101 Å². The number of esters is 1. The number of carboxylic acids is 1. The van der Waals surface area contributed by atoms with Crippen LogP contribution in [-0.4, -0.2) is 40.2 Å². The number of methoxy groups -OCH3 is 1. The number of hydrogen-bond donors (Lipinski definition) is 2. The van der Waals surface area contributed by atoms with Gasteiger partial charge in [0.05, 0.1) is 12.7 Å². The highest BCUT2D eigenvalue weighted by Gasteiger charge is 2.17. The van der Waals surface area contributed by atoms with E-state index < -0.39 is 18.0 Å².